The van der Waals surface area contributed by atoms with Crippen LogP contribution in [0.4, 0.5) is 4.39 Å². The average Bonchev–Trinajstić information content (AvgIpc) is 2.49. The van der Waals surface area contributed by atoms with Crippen LogP contribution in [0.5, 0.6) is 0 Å². The number of nitrogens with zero attached hydrogens (tertiary/aromatic N) is 1. The van der Waals surface area contributed by atoms with E-state index in [1.165, 1.54) is 12.3 Å². The van der Waals surface area contributed by atoms with E-state index in [9.17, 15) is 12.8 Å². The Morgan fingerprint density at radius 3 is 2.44 bits per heavy atom. The fourth-order valence-corrected chi connectivity index (χ4v) is 3.08. The van der Waals surface area contributed by atoms with Gasteiger partial charge in [0.15, 0.2) is 5.96 Å². The van der Waals surface area contributed by atoms with Crippen LogP contribution in [0.3, 0.4) is 0 Å². The van der Waals surface area contributed by atoms with Crippen molar-refractivity contribution in [1.82, 2.24) is 10.6 Å². The number of halogens is 2. The highest BCUT2D eigenvalue weighted by atomic mass is 127. The lowest BCUT2D eigenvalue weighted by atomic mass is 9.84. The molecule has 0 aliphatic carbocycles. The van der Waals surface area contributed by atoms with Gasteiger partial charge in [0.05, 0.1) is 5.75 Å². The Balaban J connectivity index is 0.00000576. The van der Waals surface area contributed by atoms with Crippen molar-refractivity contribution in [1.29, 1.82) is 0 Å². The molecule has 0 aliphatic heterocycles. The molecule has 1 atom stereocenters. The Kier molecular flexibility index (Phi) is 9.93. The van der Waals surface area contributed by atoms with Gasteiger partial charge in [0.25, 0.3) is 0 Å². The Labute approximate surface area is 167 Å². The van der Waals surface area contributed by atoms with E-state index in [2.05, 4.69) is 15.6 Å². The third-order valence-corrected chi connectivity index (χ3v) is 4.81. The Morgan fingerprint density at radius 1 is 1.32 bits per heavy atom. The zero-order valence-corrected chi connectivity index (χ0v) is 18.6. The van der Waals surface area contributed by atoms with E-state index in [0.717, 1.165) is 0 Å². The minimum absolute atomic E-state index is 0. The van der Waals surface area contributed by atoms with Crippen LogP contribution in [0.25, 0.3) is 0 Å². The van der Waals surface area contributed by atoms with E-state index < -0.39 is 15.3 Å². The minimum atomic E-state index is -2.98. The van der Waals surface area contributed by atoms with Crippen molar-refractivity contribution >= 4 is 39.8 Å². The SMILES string of the molecule is CN=C(NCC(C)(C)c1ccccc1F)NC(C)CCS(C)(=O)=O.I. The van der Waals surface area contributed by atoms with Gasteiger partial charge in [-0.3, -0.25) is 4.99 Å². The maximum Gasteiger partial charge on any atom is 0.191 e. The molecule has 0 aliphatic rings. The predicted octanol–water partition coefficient (Wildman–Crippen LogP) is 2.71. The molecule has 0 radical (unpaired) electrons. The van der Waals surface area contributed by atoms with Gasteiger partial charge in [-0.1, -0.05) is 32.0 Å². The summed E-state index contributed by atoms with van der Waals surface area (Å²) in [7, 11) is -1.33. The van der Waals surface area contributed by atoms with Crippen molar-refractivity contribution < 1.29 is 12.8 Å². The van der Waals surface area contributed by atoms with Crippen molar-refractivity contribution in [2.75, 3.05) is 25.6 Å². The zero-order valence-electron chi connectivity index (χ0n) is 15.5. The molecular weight excluding hydrogens is 456 g/mol. The number of guanidine groups is 1. The highest BCUT2D eigenvalue weighted by Gasteiger charge is 2.24. The molecule has 0 saturated heterocycles. The van der Waals surface area contributed by atoms with E-state index in [4.69, 9.17) is 0 Å². The normalized spacial score (nSPS) is 13.8. The van der Waals surface area contributed by atoms with E-state index in [1.54, 1.807) is 19.2 Å². The van der Waals surface area contributed by atoms with Crippen molar-refractivity contribution in [2.24, 2.45) is 4.99 Å². The Hall–Kier alpha value is -0.900. The minimum Gasteiger partial charge on any atom is -0.356 e. The van der Waals surface area contributed by atoms with Crippen LogP contribution in [-0.2, 0) is 15.3 Å². The lowest BCUT2D eigenvalue weighted by Gasteiger charge is -2.28. The lowest BCUT2D eigenvalue weighted by molar-refractivity contribution is 0.470. The van der Waals surface area contributed by atoms with E-state index >= 15 is 0 Å². The Bertz CT molecular complexity index is 678. The largest absolute Gasteiger partial charge is 0.356 e. The molecule has 0 saturated carbocycles. The van der Waals surface area contributed by atoms with Gasteiger partial charge in [0.2, 0.25) is 0 Å². The van der Waals surface area contributed by atoms with Gasteiger partial charge in [-0.25, -0.2) is 12.8 Å². The van der Waals surface area contributed by atoms with Gasteiger partial charge in [0, 0.05) is 31.3 Å². The summed E-state index contributed by atoms with van der Waals surface area (Å²) in [6.45, 7) is 6.31. The topological polar surface area (TPSA) is 70.6 Å². The van der Waals surface area contributed by atoms with E-state index in [-0.39, 0.29) is 41.6 Å². The smallest absolute Gasteiger partial charge is 0.191 e. The van der Waals surface area contributed by atoms with Crippen LogP contribution >= 0.6 is 24.0 Å². The van der Waals surface area contributed by atoms with Crippen molar-refractivity contribution in [3.63, 3.8) is 0 Å². The van der Waals surface area contributed by atoms with Crippen molar-refractivity contribution in [3.8, 4) is 0 Å². The summed E-state index contributed by atoms with van der Waals surface area (Å²) in [5, 5.41) is 6.34. The first-order valence-electron chi connectivity index (χ1n) is 7.95. The van der Waals surface area contributed by atoms with Crippen LogP contribution in [0.1, 0.15) is 32.8 Å². The first kappa shape index (κ1) is 24.1. The highest BCUT2D eigenvalue weighted by Crippen LogP contribution is 2.24. The molecule has 0 heterocycles. The van der Waals surface area contributed by atoms with Crippen LogP contribution in [0.15, 0.2) is 29.3 Å². The molecule has 0 amide bonds. The van der Waals surface area contributed by atoms with Gasteiger partial charge >= 0.3 is 0 Å². The second-order valence-corrected chi connectivity index (χ2v) is 9.01. The standard InChI is InChI=1S/C17H28FN3O2S.HI/c1-13(10-11-24(5,22)23)21-16(19-4)20-12-17(2,3)14-8-6-7-9-15(14)18;/h6-9,13H,10-12H2,1-5H3,(H2,19,20,21);1H. The van der Waals surface area contributed by atoms with Crippen LogP contribution in [0.2, 0.25) is 0 Å². The molecular formula is C17H29FIN3O2S. The lowest BCUT2D eigenvalue weighted by Crippen LogP contribution is -2.46. The van der Waals surface area contributed by atoms with E-state index in [0.29, 0.717) is 24.5 Å². The summed E-state index contributed by atoms with van der Waals surface area (Å²) in [5.74, 6) is 0.466. The third-order valence-electron chi connectivity index (χ3n) is 3.83. The molecule has 25 heavy (non-hydrogen) atoms. The molecule has 1 rings (SSSR count). The summed E-state index contributed by atoms with van der Waals surface area (Å²) < 4.78 is 36.4. The highest BCUT2D eigenvalue weighted by molar-refractivity contribution is 14.0. The zero-order chi connectivity index (χ0) is 18.4. The monoisotopic (exact) mass is 485 g/mol. The number of benzene rings is 1. The molecule has 0 bridgehead atoms. The van der Waals surface area contributed by atoms with Gasteiger partial charge in [-0.15, -0.1) is 24.0 Å². The van der Waals surface area contributed by atoms with Gasteiger partial charge in [0.1, 0.15) is 15.7 Å². The second-order valence-electron chi connectivity index (χ2n) is 6.75. The molecule has 2 N–H and O–H groups in total. The maximum absolute atomic E-state index is 14.0. The number of nitrogens with one attached hydrogen (secondary N) is 2. The van der Waals surface area contributed by atoms with E-state index in [1.807, 2.05) is 26.8 Å². The number of rotatable bonds is 7. The molecule has 0 aromatic heterocycles. The first-order valence-corrected chi connectivity index (χ1v) is 10.0. The predicted molar refractivity (Wildman–Crippen MR) is 113 cm³/mol. The molecule has 1 aromatic carbocycles. The summed E-state index contributed by atoms with van der Waals surface area (Å²) in [6, 6.07) is 6.69. The molecule has 144 valence electrons. The molecule has 0 spiro atoms. The molecule has 8 heteroatoms. The fourth-order valence-electron chi connectivity index (χ4n) is 2.30. The maximum atomic E-state index is 14.0. The van der Waals surface area contributed by atoms with Crippen LogP contribution in [-0.4, -0.2) is 46.0 Å². The number of hydrogen-bond acceptors (Lipinski definition) is 3. The molecule has 0 fully saturated rings. The number of hydrogen-bond donors (Lipinski definition) is 2. The van der Waals surface area contributed by atoms with Gasteiger partial charge in [-0.2, -0.15) is 0 Å². The molecule has 1 unspecified atom stereocenters. The van der Waals surface area contributed by atoms with Crippen molar-refractivity contribution in [2.45, 2.75) is 38.6 Å². The average molecular weight is 485 g/mol. The molecule has 5 nitrogen and oxygen atoms in total. The quantitative estimate of drug-likeness (QED) is 0.354. The summed E-state index contributed by atoms with van der Waals surface area (Å²) in [6.07, 6.45) is 1.72. The summed E-state index contributed by atoms with van der Waals surface area (Å²) >= 11 is 0. The van der Waals surface area contributed by atoms with Gasteiger partial charge in [-0.05, 0) is 25.0 Å². The number of aliphatic imine (C=N–C) groups is 1. The third kappa shape index (κ3) is 8.84. The Morgan fingerprint density at radius 2 is 1.92 bits per heavy atom. The first-order chi connectivity index (χ1) is 11.0. The second kappa shape index (κ2) is 10.3. The van der Waals surface area contributed by atoms with Crippen LogP contribution in [0, 0.1) is 5.82 Å². The fraction of sp³-hybridized carbons (Fsp3) is 0.588. The summed E-state index contributed by atoms with van der Waals surface area (Å²) in [5.41, 5.74) is 0.219. The van der Waals surface area contributed by atoms with Gasteiger partial charge < -0.3 is 10.6 Å². The number of sulfone groups is 1. The summed E-state index contributed by atoms with van der Waals surface area (Å²) in [4.78, 5) is 4.14. The van der Waals surface area contributed by atoms with Crippen molar-refractivity contribution in [3.05, 3.63) is 35.6 Å². The molecule has 1 aromatic rings. The van der Waals surface area contributed by atoms with Crippen LogP contribution < -0.4 is 10.6 Å².